The molecule has 5 nitrogen and oxygen atoms in total. The number of imidazole rings is 1. The van der Waals surface area contributed by atoms with Crippen molar-refractivity contribution in [3.63, 3.8) is 0 Å². The highest BCUT2D eigenvalue weighted by atomic mass is 19.4. The molecule has 0 saturated heterocycles. The van der Waals surface area contributed by atoms with Crippen molar-refractivity contribution in [1.82, 2.24) is 14.5 Å². The van der Waals surface area contributed by atoms with Crippen LogP contribution < -0.4 is 5.32 Å². The largest absolute Gasteiger partial charge is 0.449 e. The summed E-state index contributed by atoms with van der Waals surface area (Å²) in [5.74, 6) is 0.355. The molecule has 1 atom stereocenters. The van der Waals surface area contributed by atoms with Crippen molar-refractivity contribution in [3.8, 4) is 0 Å². The fourth-order valence-corrected chi connectivity index (χ4v) is 2.71. The Hall–Kier alpha value is -2.51. The second kappa shape index (κ2) is 6.42. The van der Waals surface area contributed by atoms with Crippen molar-refractivity contribution in [3.05, 3.63) is 41.9 Å². The van der Waals surface area contributed by atoms with Crippen LogP contribution in [0.5, 0.6) is 0 Å². The Morgan fingerprint density at radius 1 is 1.32 bits per heavy atom. The van der Waals surface area contributed by atoms with Gasteiger partial charge in [-0.1, -0.05) is 6.92 Å². The SMILES string of the molecule is CCC(C)n1c(C(F)(F)F)nc2cc(NCc3cnc(C)o3)ccc21. The van der Waals surface area contributed by atoms with Crippen molar-refractivity contribution in [1.29, 1.82) is 0 Å². The minimum atomic E-state index is -4.49. The molecular weight excluding hydrogens is 333 g/mol. The van der Waals surface area contributed by atoms with E-state index in [1.807, 2.05) is 6.92 Å². The Morgan fingerprint density at radius 2 is 2.08 bits per heavy atom. The number of nitrogens with one attached hydrogen (secondary N) is 1. The molecule has 1 unspecified atom stereocenters. The van der Waals surface area contributed by atoms with Crippen molar-refractivity contribution in [2.45, 2.75) is 46.0 Å². The molecule has 0 spiro atoms. The molecule has 8 heteroatoms. The molecule has 2 aromatic heterocycles. The van der Waals surface area contributed by atoms with Crippen molar-refractivity contribution >= 4 is 16.7 Å². The summed E-state index contributed by atoms with van der Waals surface area (Å²) in [4.78, 5) is 7.84. The van der Waals surface area contributed by atoms with E-state index in [0.717, 1.165) is 0 Å². The van der Waals surface area contributed by atoms with Crippen LogP contribution in [0, 0.1) is 6.92 Å². The lowest BCUT2D eigenvalue weighted by molar-refractivity contribution is -0.147. The number of fused-ring (bicyclic) bond motifs is 1. The number of aryl methyl sites for hydroxylation is 1. The normalized spacial score (nSPS) is 13.4. The Bertz CT molecular complexity index is 882. The van der Waals surface area contributed by atoms with Crippen LogP contribution >= 0.6 is 0 Å². The minimum Gasteiger partial charge on any atom is -0.444 e. The quantitative estimate of drug-likeness (QED) is 0.707. The molecule has 1 N–H and O–H groups in total. The summed E-state index contributed by atoms with van der Waals surface area (Å²) in [5.41, 5.74) is 1.46. The Labute approximate surface area is 142 Å². The predicted octanol–water partition coefficient (Wildman–Crippen LogP) is 4.93. The van der Waals surface area contributed by atoms with E-state index >= 15 is 0 Å². The summed E-state index contributed by atoms with van der Waals surface area (Å²) < 4.78 is 46.6. The molecule has 3 rings (SSSR count). The number of hydrogen-bond acceptors (Lipinski definition) is 4. The standard InChI is InChI=1S/C17H19F3N4O/c1-4-10(2)24-15-6-5-12(22-9-13-8-21-11(3)25-13)7-14(15)23-16(24)17(18,19)20/h5-8,10,22H,4,9H2,1-3H3. The lowest BCUT2D eigenvalue weighted by Crippen LogP contribution is -2.17. The van der Waals surface area contributed by atoms with Gasteiger partial charge in [0, 0.05) is 18.7 Å². The number of anilines is 1. The highest BCUT2D eigenvalue weighted by Crippen LogP contribution is 2.35. The first-order valence-corrected chi connectivity index (χ1v) is 8.04. The molecule has 0 radical (unpaired) electrons. The first kappa shape index (κ1) is 17.3. The fraction of sp³-hybridized carbons (Fsp3) is 0.412. The Kier molecular flexibility index (Phi) is 4.45. The van der Waals surface area contributed by atoms with Gasteiger partial charge in [-0.05, 0) is 31.5 Å². The molecule has 2 heterocycles. The van der Waals surface area contributed by atoms with Crippen molar-refractivity contribution < 1.29 is 17.6 Å². The lowest BCUT2D eigenvalue weighted by Gasteiger charge is -2.17. The average Bonchev–Trinajstić information content (AvgIpc) is 3.14. The van der Waals surface area contributed by atoms with Crippen molar-refractivity contribution in [2.24, 2.45) is 0 Å². The van der Waals surface area contributed by atoms with Gasteiger partial charge in [0.1, 0.15) is 5.76 Å². The third kappa shape index (κ3) is 3.47. The minimum absolute atomic E-state index is 0.294. The third-order valence-corrected chi connectivity index (χ3v) is 4.11. The van der Waals surface area contributed by atoms with Gasteiger partial charge in [-0.3, -0.25) is 0 Å². The molecule has 0 fully saturated rings. The monoisotopic (exact) mass is 352 g/mol. The number of rotatable bonds is 5. The zero-order chi connectivity index (χ0) is 18.2. The van der Waals surface area contributed by atoms with Crippen LogP contribution in [0.25, 0.3) is 11.0 Å². The fourth-order valence-electron chi connectivity index (χ4n) is 2.71. The molecule has 0 amide bonds. The van der Waals surface area contributed by atoms with Gasteiger partial charge in [0.2, 0.25) is 5.82 Å². The summed E-state index contributed by atoms with van der Waals surface area (Å²) >= 11 is 0. The van der Waals surface area contributed by atoms with E-state index in [-0.39, 0.29) is 6.04 Å². The van der Waals surface area contributed by atoms with Crippen LogP contribution in [0.2, 0.25) is 0 Å². The first-order valence-electron chi connectivity index (χ1n) is 8.04. The van der Waals surface area contributed by atoms with Gasteiger partial charge in [-0.2, -0.15) is 13.2 Å². The maximum absolute atomic E-state index is 13.3. The topological polar surface area (TPSA) is 55.9 Å². The maximum atomic E-state index is 13.3. The molecule has 3 aromatic rings. The second-order valence-electron chi connectivity index (χ2n) is 5.96. The Morgan fingerprint density at radius 3 is 2.68 bits per heavy atom. The van der Waals surface area contributed by atoms with E-state index in [4.69, 9.17) is 4.42 Å². The van der Waals surface area contributed by atoms with E-state index in [1.54, 1.807) is 38.2 Å². The molecule has 134 valence electrons. The first-order chi connectivity index (χ1) is 11.8. The molecule has 0 aliphatic heterocycles. The molecule has 0 aliphatic carbocycles. The van der Waals surface area contributed by atoms with E-state index in [2.05, 4.69) is 15.3 Å². The van der Waals surface area contributed by atoms with E-state index in [0.29, 0.717) is 41.3 Å². The second-order valence-corrected chi connectivity index (χ2v) is 5.96. The van der Waals surface area contributed by atoms with Crippen LogP contribution in [-0.4, -0.2) is 14.5 Å². The van der Waals surface area contributed by atoms with E-state index in [1.165, 1.54) is 4.57 Å². The number of alkyl halides is 3. The third-order valence-electron chi connectivity index (χ3n) is 4.11. The maximum Gasteiger partial charge on any atom is 0.449 e. The van der Waals surface area contributed by atoms with Crippen LogP contribution in [0.1, 0.15) is 43.8 Å². The number of nitrogens with zero attached hydrogens (tertiary/aromatic N) is 3. The molecule has 25 heavy (non-hydrogen) atoms. The summed E-state index contributed by atoms with van der Waals surface area (Å²) in [5, 5.41) is 3.11. The molecule has 0 bridgehead atoms. The van der Waals surface area contributed by atoms with Gasteiger partial charge in [-0.15, -0.1) is 0 Å². The smallest absolute Gasteiger partial charge is 0.444 e. The van der Waals surface area contributed by atoms with E-state index < -0.39 is 12.0 Å². The number of aromatic nitrogens is 3. The highest BCUT2D eigenvalue weighted by molar-refractivity contribution is 5.80. The summed E-state index contributed by atoms with van der Waals surface area (Å²) in [6, 6.07) is 4.73. The number of benzene rings is 1. The highest BCUT2D eigenvalue weighted by Gasteiger charge is 2.38. The van der Waals surface area contributed by atoms with Gasteiger partial charge in [0.05, 0.1) is 23.8 Å². The summed E-state index contributed by atoms with van der Waals surface area (Å²) in [6.45, 7) is 5.75. The van der Waals surface area contributed by atoms with Crippen LogP contribution in [0.15, 0.2) is 28.8 Å². The molecule has 0 aliphatic rings. The molecule has 1 aromatic carbocycles. The van der Waals surface area contributed by atoms with Crippen LogP contribution in [0.4, 0.5) is 18.9 Å². The van der Waals surface area contributed by atoms with Crippen LogP contribution in [0.3, 0.4) is 0 Å². The van der Waals surface area contributed by atoms with E-state index in [9.17, 15) is 13.2 Å². The lowest BCUT2D eigenvalue weighted by atomic mass is 10.2. The summed E-state index contributed by atoms with van der Waals surface area (Å²) in [7, 11) is 0. The van der Waals surface area contributed by atoms with Crippen LogP contribution in [-0.2, 0) is 12.7 Å². The number of hydrogen-bond donors (Lipinski definition) is 1. The number of halogens is 3. The van der Waals surface area contributed by atoms with Gasteiger partial charge in [-0.25, -0.2) is 9.97 Å². The zero-order valence-corrected chi connectivity index (χ0v) is 14.2. The average molecular weight is 352 g/mol. The van der Waals surface area contributed by atoms with Crippen molar-refractivity contribution in [2.75, 3.05) is 5.32 Å². The zero-order valence-electron chi connectivity index (χ0n) is 14.2. The number of oxazole rings is 1. The predicted molar refractivity (Wildman–Crippen MR) is 88.3 cm³/mol. The molecular formula is C17H19F3N4O. The molecule has 0 saturated carbocycles. The van der Waals surface area contributed by atoms with Gasteiger partial charge < -0.3 is 14.3 Å². The Balaban J connectivity index is 1.94. The summed E-state index contributed by atoms with van der Waals surface area (Å²) in [6.07, 6.45) is -2.30. The van der Waals surface area contributed by atoms with Gasteiger partial charge in [0.15, 0.2) is 5.89 Å². The van der Waals surface area contributed by atoms with Gasteiger partial charge >= 0.3 is 6.18 Å². The van der Waals surface area contributed by atoms with Gasteiger partial charge in [0.25, 0.3) is 0 Å².